The zero-order valence-electron chi connectivity index (χ0n) is 18.2. The van der Waals surface area contributed by atoms with E-state index in [0.29, 0.717) is 61.4 Å². The molecule has 2 heterocycles. The minimum Gasteiger partial charge on any atom is -0.408 e. The topological polar surface area (TPSA) is 98.6 Å². The van der Waals surface area contributed by atoms with Crippen LogP contribution >= 0.6 is 0 Å². The molecule has 0 atom stereocenters. The lowest BCUT2D eigenvalue weighted by atomic mass is 10.1. The third-order valence-electron chi connectivity index (χ3n) is 5.78. The number of alkyl halides is 3. The minimum absolute atomic E-state index is 0.0672. The van der Waals surface area contributed by atoms with E-state index in [9.17, 15) is 27.6 Å². The fraction of sp³-hybridized carbons (Fsp3) is 0.348. The van der Waals surface area contributed by atoms with Gasteiger partial charge in [-0.25, -0.2) is 9.59 Å². The smallest absolute Gasteiger partial charge is 0.408 e. The maximum Gasteiger partial charge on any atom is 0.417 e. The van der Waals surface area contributed by atoms with E-state index in [2.05, 4.69) is 15.2 Å². The number of nitrogens with one attached hydrogen (secondary N) is 2. The molecule has 0 saturated carbocycles. The summed E-state index contributed by atoms with van der Waals surface area (Å²) in [6.45, 7) is 2.84. The Bertz CT molecular complexity index is 1230. The van der Waals surface area contributed by atoms with Gasteiger partial charge >= 0.3 is 18.0 Å². The Morgan fingerprint density at radius 1 is 1.03 bits per heavy atom. The number of Topliss-reactive ketones (excluding diaryl/α,β-unsaturated/α-hetero) is 1. The molecule has 11 heteroatoms. The largest absolute Gasteiger partial charge is 0.417 e. The minimum atomic E-state index is -4.39. The summed E-state index contributed by atoms with van der Waals surface area (Å²) in [4.78, 5) is 42.4. The molecule has 3 aromatic rings. The number of oxazole rings is 1. The molecule has 2 N–H and O–H groups in total. The molecule has 180 valence electrons. The predicted octanol–water partition coefficient (Wildman–Crippen LogP) is 3.24. The molecular formula is C23H23F3N4O4. The van der Waals surface area contributed by atoms with Crippen molar-refractivity contribution in [3.8, 4) is 0 Å². The molecule has 1 aliphatic heterocycles. The molecule has 4 rings (SSSR count). The summed E-state index contributed by atoms with van der Waals surface area (Å²) in [6.07, 6.45) is -4.10. The van der Waals surface area contributed by atoms with E-state index in [4.69, 9.17) is 4.42 Å². The molecule has 8 nitrogen and oxygen atoms in total. The van der Waals surface area contributed by atoms with Crippen LogP contribution in [0.5, 0.6) is 0 Å². The Balaban J connectivity index is 1.20. The van der Waals surface area contributed by atoms with Crippen LogP contribution in [0.4, 0.5) is 18.0 Å². The van der Waals surface area contributed by atoms with Gasteiger partial charge in [0.2, 0.25) is 0 Å². The number of rotatable bonds is 6. The van der Waals surface area contributed by atoms with Crippen molar-refractivity contribution in [2.24, 2.45) is 0 Å². The number of halogens is 3. The fourth-order valence-corrected chi connectivity index (χ4v) is 3.80. The molecule has 34 heavy (non-hydrogen) atoms. The average Bonchev–Trinajstić information content (AvgIpc) is 3.20. The van der Waals surface area contributed by atoms with Crippen LogP contribution in [-0.2, 0) is 12.7 Å². The van der Waals surface area contributed by atoms with Crippen molar-refractivity contribution in [3.05, 3.63) is 69.7 Å². The fourth-order valence-electron chi connectivity index (χ4n) is 3.80. The number of amides is 2. The van der Waals surface area contributed by atoms with E-state index >= 15 is 0 Å². The van der Waals surface area contributed by atoms with Gasteiger partial charge in [-0.2, -0.15) is 13.2 Å². The Kier molecular flexibility index (Phi) is 6.73. The first-order valence-corrected chi connectivity index (χ1v) is 10.8. The van der Waals surface area contributed by atoms with Crippen molar-refractivity contribution >= 4 is 22.9 Å². The predicted molar refractivity (Wildman–Crippen MR) is 117 cm³/mol. The zero-order chi connectivity index (χ0) is 24.3. The summed E-state index contributed by atoms with van der Waals surface area (Å²) >= 11 is 0. The third kappa shape index (κ3) is 5.66. The van der Waals surface area contributed by atoms with Gasteiger partial charge < -0.3 is 14.6 Å². The second-order valence-electron chi connectivity index (χ2n) is 8.08. The summed E-state index contributed by atoms with van der Waals surface area (Å²) in [6, 6.07) is 9.23. The van der Waals surface area contributed by atoms with Crippen LogP contribution in [0.3, 0.4) is 0 Å². The number of piperazine rings is 1. The molecule has 1 aromatic heterocycles. The molecule has 0 radical (unpaired) electrons. The molecular weight excluding hydrogens is 453 g/mol. The van der Waals surface area contributed by atoms with Gasteiger partial charge in [-0.3, -0.25) is 14.7 Å². The lowest BCUT2D eigenvalue weighted by molar-refractivity contribution is -0.137. The monoisotopic (exact) mass is 476 g/mol. The first-order chi connectivity index (χ1) is 16.2. The SMILES string of the molecule is O=C(CCN1CCN(C(=O)NCc2ccc(C(F)(F)F)cc2)CC1)c1ccc2[nH]c(=O)oc2c1. The van der Waals surface area contributed by atoms with Gasteiger partial charge in [0, 0.05) is 51.3 Å². The highest BCUT2D eigenvalue weighted by Gasteiger charge is 2.30. The Morgan fingerprint density at radius 2 is 1.74 bits per heavy atom. The van der Waals surface area contributed by atoms with E-state index in [1.54, 1.807) is 23.1 Å². The number of carbonyl (C=O) groups excluding carboxylic acids is 2. The lowest BCUT2D eigenvalue weighted by Crippen LogP contribution is -2.51. The first-order valence-electron chi connectivity index (χ1n) is 10.8. The molecule has 0 unspecified atom stereocenters. The molecule has 0 aliphatic carbocycles. The third-order valence-corrected chi connectivity index (χ3v) is 5.78. The number of benzene rings is 2. The maximum absolute atomic E-state index is 12.6. The van der Waals surface area contributed by atoms with Crippen LogP contribution in [0, 0.1) is 0 Å². The highest BCUT2D eigenvalue weighted by Crippen LogP contribution is 2.29. The summed E-state index contributed by atoms with van der Waals surface area (Å²) < 4.78 is 42.9. The van der Waals surface area contributed by atoms with Crippen molar-refractivity contribution in [1.82, 2.24) is 20.1 Å². The van der Waals surface area contributed by atoms with Crippen LogP contribution in [0.2, 0.25) is 0 Å². The van der Waals surface area contributed by atoms with Crippen LogP contribution in [-0.4, -0.2) is 59.3 Å². The van der Waals surface area contributed by atoms with Crippen molar-refractivity contribution in [2.45, 2.75) is 19.1 Å². The number of ketones is 1. The molecule has 0 bridgehead atoms. The van der Waals surface area contributed by atoms with Crippen molar-refractivity contribution in [2.75, 3.05) is 32.7 Å². The average molecular weight is 476 g/mol. The van der Waals surface area contributed by atoms with Gasteiger partial charge in [0.05, 0.1) is 11.1 Å². The second kappa shape index (κ2) is 9.72. The summed E-state index contributed by atoms with van der Waals surface area (Å²) in [7, 11) is 0. The number of carbonyl (C=O) groups is 2. The van der Waals surface area contributed by atoms with Crippen LogP contribution in [0.15, 0.2) is 51.7 Å². The van der Waals surface area contributed by atoms with Gasteiger partial charge in [0.25, 0.3) is 0 Å². The van der Waals surface area contributed by atoms with Crippen LogP contribution < -0.4 is 11.1 Å². The lowest BCUT2D eigenvalue weighted by Gasteiger charge is -2.34. The van der Waals surface area contributed by atoms with E-state index in [1.165, 1.54) is 12.1 Å². The van der Waals surface area contributed by atoms with Gasteiger partial charge in [-0.1, -0.05) is 12.1 Å². The Labute approximate surface area is 192 Å². The molecule has 1 aliphatic rings. The van der Waals surface area contributed by atoms with E-state index in [-0.39, 0.29) is 18.4 Å². The Morgan fingerprint density at radius 3 is 2.41 bits per heavy atom. The van der Waals surface area contributed by atoms with Gasteiger partial charge in [0.1, 0.15) is 0 Å². The second-order valence-corrected chi connectivity index (χ2v) is 8.08. The number of hydrogen-bond acceptors (Lipinski definition) is 5. The number of aromatic nitrogens is 1. The number of fused-ring (bicyclic) bond motifs is 1. The van der Waals surface area contributed by atoms with E-state index in [1.807, 2.05) is 0 Å². The maximum atomic E-state index is 12.6. The summed E-state index contributed by atoms with van der Waals surface area (Å²) in [5.41, 5.74) is 1.20. The number of aromatic amines is 1. The number of H-pyrrole nitrogens is 1. The van der Waals surface area contributed by atoms with Crippen molar-refractivity contribution in [1.29, 1.82) is 0 Å². The van der Waals surface area contributed by atoms with E-state index in [0.717, 1.165) is 12.1 Å². The van der Waals surface area contributed by atoms with Gasteiger partial charge in [-0.05, 0) is 35.9 Å². The van der Waals surface area contributed by atoms with Gasteiger partial charge in [-0.15, -0.1) is 0 Å². The van der Waals surface area contributed by atoms with Gasteiger partial charge in [0.15, 0.2) is 11.4 Å². The van der Waals surface area contributed by atoms with E-state index < -0.39 is 17.5 Å². The zero-order valence-corrected chi connectivity index (χ0v) is 18.2. The number of urea groups is 1. The highest BCUT2D eigenvalue weighted by molar-refractivity contribution is 5.98. The number of nitrogens with zero attached hydrogens (tertiary/aromatic N) is 2. The molecule has 1 fully saturated rings. The standard InChI is InChI=1S/C23H23F3N4O4/c24-23(25,26)17-4-1-15(2-5-17)14-27-21(32)30-11-9-29(10-12-30)8-7-19(31)16-3-6-18-20(13-16)34-22(33)28-18/h1-6,13H,7-12,14H2,(H,27,32)(H,28,33). The molecule has 2 aromatic carbocycles. The summed E-state index contributed by atoms with van der Waals surface area (Å²) in [5, 5.41) is 2.73. The van der Waals surface area contributed by atoms with Crippen molar-refractivity contribution in [3.63, 3.8) is 0 Å². The first kappa shape index (κ1) is 23.6. The normalized spacial score (nSPS) is 15.0. The quantitative estimate of drug-likeness (QED) is 0.533. The Hall–Kier alpha value is -3.60. The van der Waals surface area contributed by atoms with Crippen molar-refractivity contribution < 1.29 is 27.2 Å². The highest BCUT2D eigenvalue weighted by atomic mass is 19.4. The molecule has 2 amide bonds. The summed E-state index contributed by atoms with van der Waals surface area (Å²) in [5.74, 6) is -0.636. The molecule has 1 saturated heterocycles. The van der Waals surface area contributed by atoms with Crippen LogP contribution in [0.1, 0.15) is 27.9 Å². The molecule has 0 spiro atoms. The number of hydrogen-bond donors (Lipinski definition) is 2. The van der Waals surface area contributed by atoms with Crippen LogP contribution in [0.25, 0.3) is 11.1 Å².